The second-order valence-electron chi connectivity index (χ2n) is 6.35. The van der Waals surface area contributed by atoms with Gasteiger partial charge in [-0.3, -0.25) is 9.59 Å². The molecule has 126 valence electrons. The second kappa shape index (κ2) is 7.43. The number of aryl methyl sites for hydroxylation is 1. The summed E-state index contributed by atoms with van der Waals surface area (Å²) in [6, 6.07) is 13.4. The Kier molecular flexibility index (Phi) is 5.08. The molecule has 0 saturated heterocycles. The molecule has 0 N–H and O–H groups in total. The third-order valence-corrected chi connectivity index (χ3v) is 4.69. The van der Waals surface area contributed by atoms with Crippen molar-refractivity contribution in [2.75, 3.05) is 6.54 Å². The highest BCUT2D eigenvalue weighted by Gasteiger charge is 2.28. The molecule has 1 amide bonds. The normalized spacial score (nSPS) is 14.7. The highest BCUT2D eigenvalue weighted by molar-refractivity contribution is 5.92. The van der Waals surface area contributed by atoms with E-state index in [4.69, 9.17) is 0 Å². The first-order valence-corrected chi connectivity index (χ1v) is 8.54. The molecule has 1 saturated carbocycles. The summed E-state index contributed by atoms with van der Waals surface area (Å²) in [5.41, 5.74) is 1.36. The molecule has 2 aromatic rings. The van der Waals surface area contributed by atoms with Crippen LogP contribution in [0.4, 0.5) is 0 Å². The summed E-state index contributed by atoms with van der Waals surface area (Å²) in [5.74, 6) is -0.0755. The lowest BCUT2D eigenvalue weighted by atomic mass is 10.1. The highest BCUT2D eigenvalue weighted by Crippen LogP contribution is 2.25. The SMILES string of the molecule is Cn1nc(C(=O)N(CCc2ccccc2)C2CCCC2)ccc1=O. The van der Waals surface area contributed by atoms with Crippen molar-refractivity contribution in [2.45, 2.75) is 38.1 Å². The van der Waals surface area contributed by atoms with Gasteiger partial charge in [0.05, 0.1) is 0 Å². The van der Waals surface area contributed by atoms with Crippen LogP contribution in [0, 0.1) is 0 Å². The standard InChI is InChI=1S/C19H23N3O2/c1-21-18(23)12-11-17(20-21)19(24)22(16-9-5-6-10-16)14-13-15-7-3-2-4-8-15/h2-4,7-8,11-12,16H,5-6,9-10,13-14H2,1H3. The number of amides is 1. The van der Waals surface area contributed by atoms with Gasteiger partial charge in [-0.25, -0.2) is 4.68 Å². The molecule has 0 unspecified atom stereocenters. The van der Waals surface area contributed by atoms with Crippen LogP contribution < -0.4 is 5.56 Å². The number of nitrogens with zero attached hydrogens (tertiary/aromatic N) is 3. The van der Waals surface area contributed by atoms with E-state index in [2.05, 4.69) is 17.2 Å². The quantitative estimate of drug-likeness (QED) is 0.848. The average molecular weight is 325 g/mol. The molecule has 24 heavy (non-hydrogen) atoms. The molecule has 1 aliphatic carbocycles. The van der Waals surface area contributed by atoms with Gasteiger partial charge in [-0.2, -0.15) is 5.10 Å². The van der Waals surface area contributed by atoms with Crippen molar-refractivity contribution in [1.29, 1.82) is 0 Å². The van der Waals surface area contributed by atoms with Crippen LogP contribution in [0.3, 0.4) is 0 Å². The minimum absolute atomic E-state index is 0.0755. The van der Waals surface area contributed by atoms with E-state index in [1.165, 1.54) is 35.2 Å². The molecule has 1 fully saturated rings. The molecular formula is C19H23N3O2. The largest absolute Gasteiger partial charge is 0.334 e. The van der Waals surface area contributed by atoms with E-state index in [1.54, 1.807) is 7.05 Å². The molecule has 0 radical (unpaired) electrons. The van der Waals surface area contributed by atoms with Crippen LogP contribution in [0.15, 0.2) is 47.3 Å². The molecule has 5 heteroatoms. The molecule has 1 heterocycles. The van der Waals surface area contributed by atoms with E-state index in [-0.39, 0.29) is 17.5 Å². The zero-order valence-corrected chi connectivity index (χ0v) is 14.0. The van der Waals surface area contributed by atoms with Crippen molar-refractivity contribution in [1.82, 2.24) is 14.7 Å². The molecule has 0 atom stereocenters. The van der Waals surface area contributed by atoms with E-state index in [0.717, 1.165) is 19.3 Å². The lowest BCUT2D eigenvalue weighted by Crippen LogP contribution is -2.41. The summed E-state index contributed by atoms with van der Waals surface area (Å²) in [6.45, 7) is 0.679. The lowest BCUT2D eigenvalue weighted by molar-refractivity contribution is 0.0675. The van der Waals surface area contributed by atoms with Crippen LogP contribution in [0.5, 0.6) is 0 Å². The summed E-state index contributed by atoms with van der Waals surface area (Å²) in [6.07, 6.45) is 5.26. The van der Waals surface area contributed by atoms with Crippen LogP contribution in [0.25, 0.3) is 0 Å². The topological polar surface area (TPSA) is 55.2 Å². The van der Waals surface area contributed by atoms with Crippen LogP contribution in [0.1, 0.15) is 41.7 Å². The summed E-state index contributed by atoms with van der Waals surface area (Å²) in [5, 5.41) is 4.13. The second-order valence-corrected chi connectivity index (χ2v) is 6.35. The maximum atomic E-state index is 13.0. The molecule has 1 aliphatic rings. The molecule has 1 aromatic heterocycles. The molecule has 0 bridgehead atoms. The minimum Gasteiger partial charge on any atom is -0.334 e. The van der Waals surface area contributed by atoms with E-state index in [0.29, 0.717) is 12.2 Å². The molecule has 0 aliphatic heterocycles. The van der Waals surface area contributed by atoms with Gasteiger partial charge in [0.2, 0.25) is 0 Å². The Balaban J connectivity index is 1.79. The van der Waals surface area contributed by atoms with Crippen molar-refractivity contribution >= 4 is 5.91 Å². The maximum absolute atomic E-state index is 13.0. The summed E-state index contributed by atoms with van der Waals surface area (Å²) in [4.78, 5) is 26.4. The van der Waals surface area contributed by atoms with E-state index >= 15 is 0 Å². The van der Waals surface area contributed by atoms with E-state index in [1.807, 2.05) is 23.1 Å². The van der Waals surface area contributed by atoms with Crippen molar-refractivity contribution in [3.8, 4) is 0 Å². The molecular weight excluding hydrogens is 302 g/mol. The number of carbonyl (C=O) groups excluding carboxylic acids is 1. The fraction of sp³-hybridized carbons (Fsp3) is 0.421. The summed E-state index contributed by atoms with van der Waals surface area (Å²) < 4.78 is 1.22. The minimum atomic E-state index is -0.205. The Morgan fingerprint density at radius 3 is 2.54 bits per heavy atom. The Morgan fingerprint density at radius 2 is 1.88 bits per heavy atom. The fourth-order valence-corrected chi connectivity index (χ4v) is 3.32. The third-order valence-electron chi connectivity index (χ3n) is 4.69. The number of hydrogen-bond donors (Lipinski definition) is 0. The Labute approximate surface area is 141 Å². The molecule has 0 spiro atoms. The number of aromatic nitrogens is 2. The van der Waals surface area contributed by atoms with Crippen LogP contribution in [-0.2, 0) is 13.5 Å². The number of hydrogen-bond acceptors (Lipinski definition) is 3. The van der Waals surface area contributed by atoms with Crippen LogP contribution >= 0.6 is 0 Å². The zero-order chi connectivity index (χ0) is 16.9. The summed E-state index contributed by atoms with van der Waals surface area (Å²) >= 11 is 0. The predicted octanol–water partition coefficient (Wildman–Crippen LogP) is 2.41. The fourth-order valence-electron chi connectivity index (χ4n) is 3.32. The van der Waals surface area contributed by atoms with E-state index in [9.17, 15) is 9.59 Å². The Hall–Kier alpha value is -2.43. The first kappa shape index (κ1) is 16.4. The van der Waals surface area contributed by atoms with Crippen molar-refractivity contribution in [3.05, 3.63) is 64.1 Å². The van der Waals surface area contributed by atoms with Crippen molar-refractivity contribution in [2.24, 2.45) is 7.05 Å². The lowest BCUT2D eigenvalue weighted by Gasteiger charge is -2.29. The molecule has 5 nitrogen and oxygen atoms in total. The summed E-state index contributed by atoms with van der Waals surface area (Å²) in [7, 11) is 1.57. The number of carbonyl (C=O) groups is 1. The molecule has 1 aromatic carbocycles. The highest BCUT2D eigenvalue weighted by atomic mass is 16.2. The van der Waals surface area contributed by atoms with Gasteiger partial charge in [-0.15, -0.1) is 0 Å². The predicted molar refractivity (Wildman–Crippen MR) is 92.9 cm³/mol. The number of rotatable bonds is 5. The van der Waals surface area contributed by atoms with Gasteiger partial charge in [0.15, 0.2) is 0 Å². The third kappa shape index (κ3) is 3.72. The average Bonchev–Trinajstić information content (AvgIpc) is 3.12. The van der Waals surface area contributed by atoms with Gasteiger partial charge in [-0.05, 0) is 30.9 Å². The van der Waals surface area contributed by atoms with Crippen LogP contribution in [0.2, 0.25) is 0 Å². The Morgan fingerprint density at radius 1 is 1.17 bits per heavy atom. The van der Waals surface area contributed by atoms with Gasteiger partial charge in [0.25, 0.3) is 11.5 Å². The Bertz CT molecular complexity index is 749. The van der Waals surface area contributed by atoms with E-state index < -0.39 is 0 Å². The monoisotopic (exact) mass is 325 g/mol. The van der Waals surface area contributed by atoms with Gasteiger partial charge < -0.3 is 4.90 Å². The van der Waals surface area contributed by atoms with Gasteiger partial charge in [0.1, 0.15) is 5.69 Å². The molecule has 3 rings (SSSR count). The number of benzene rings is 1. The smallest absolute Gasteiger partial charge is 0.274 e. The van der Waals surface area contributed by atoms with Crippen molar-refractivity contribution < 1.29 is 4.79 Å². The zero-order valence-electron chi connectivity index (χ0n) is 14.0. The van der Waals surface area contributed by atoms with Crippen LogP contribution in [-0.4, -0.2) is 33.2 Å². The van der Waals surface area contributed by atoms with Gasteiger partial charge in [0, 0.05) is 25.7 Å². The first-order chi connectivity index (χ1) is 11.6. The maximum Gasteiger partial charge on any atom is 0.274 e. The van der Waals surface area contributed by atoms with Crippen molar-refractivity contribution in [3.63, 3.8) is 0 Å². The van der Waals surface area contributed by atoms with Gasteiger partial charge in [-0.1, -0.05) is 43.2 Å². The first-order valence-electron chi connectivity index (χ1n) is 8.54. The van der Waals surface area contributed by atoms with Gasteiger partial charge >= 0.3 is 0 Å².